The highest BCUT2D eigenvalue weighted by molar-refractivity contribution is 5.82. The summed E-state index contributed by atoms with van der Waals surface area (Å²) >= 11 is 0. The van der Waals surface area contributed by atoms with Gasteiger partial charge in [0.15, 0.2) is 0 Å². The van der Waals surface area contributed by atoms with Crippen LogP contribution in [0.15, 0.2) is 61.1 Å². The summed E-state index contributed by atoms with van der Waals surface area (Å²) in [6, 6.07) is 11.0. The van der Waals surface area contributed by atoms with E-state index in [1.54, 1.807) is 48.9 Å². The predicted molar refractivity (Wildman–Crippen MR) is 124 cm³/mol. The fraction of sp³-hybridized carbons (Fsp3) is 0.292. The Morgan fingerprint density at radius 1 is 1.21 bits per heavy atom. The fourth-order valence-corrected chi connectivity index (χ4v) is 4.84. The van der Waals surface area contributed by atoms with E-state index in [9.17, 15) is 19.3 Å². The van der Waals surface area contributed by atoms with Gasteiger partial charge in [-0.2, -0.15) is 0 Å². The Labute approximate surface area is 195 Å². The van der Waals surface area contributed by atoms with Crippen molar-refractivity contribution in [1.29, 1.82) is 0 Å². The summed E-state index contributed by atoms with van der Waals surface area (Å²) in [5, 5.41) is 14.2. The lowest BCUT2D eigenvalue weighted by Crippen LogP contribution is -2.61. The Hall–Kier alpha value is -4.08. The molecule has 2 aromatic carbocycles. The van der Waals surface area contributed by atoms with Crippen LogP contribution < -0.4 is 15.1 Å². The van der Waals surface area contributed by atoms with Crippen molar-refractivity contribution in [3.63, 3.8) is 0 Å². The van der Waals surface area contributed by atoms with E-state index in [4.69, 9.17) is 0 Å². The van der Waals surface area contributed by atoms with Gasteiger partial charge in [0.05, 0.1) is 23.1 Å². The number of hydrogen-bond acceptors (Lipinski definition) is 7. The first-order valence-electron chi connectivity index (χ1n) is 11.1. The van der Waals surface area contributed by atoms with Gasteiger partial charge in [-0.25, -0.2) is 9.37 Å². The molecule has 2 atom stereocenters. The lowest BCUT2D eigenvalue weighted by Gasteiger charge is -2.49. The number of anilines is 2. The molecule has 1 saturated heterocycles. The second-order valence-electron chi connectivity index (χ2n) is 8.46. The van der Waals surface area contributed by atoms with Crippen LogP contribution in [0.1, 0.15) is 11.1 Å². The molecule has 10 heteroatoms. The van der Waals surface area contributed by atoms with Gasteiger partial charge in [0, 0.05) is 62.0 Å². The number of nitrogens with one attached hydrogen (secondary N) is 1. The highest BCUT2D eigenvalue weighted by Crippen LogP contribution is 2.38. The summed E-state index contributed by atoms with van der Waals surface area (Å²) in [5.41, 5.74) is 2.09. The molecule has 0 radical (unpaired) electrons. The first-order valence-corrected chi connectivity index (χ1v) is 11.1. The van der Waals surface area contributed by atoms with Gasteiger partial charge < -0.3 is 15.1 Å². The number of nitro groups is 1. The van der Waals surface area contributed by atoms with E-state index < -0.39 is 10.8 Å². The lowest BCUT2D eigenvalue weighted by molar-refractivity contribution is -0.384. The molecule has 5 rings (SSSR count). The molecule has 9 nitrogen and oxygen atoms in total. The number of benzene rings is 2. The van der Waals surface area contributed by atoms with Gasteiger partial charge in [-0.15, -0.1) is 0 Å². The number of carbonyl (C=O) groups is 1. The monoisotopic (exact) mass is 462 g/mol. The summed E-state index contributed by atoms with van der Waals surface area (Å²) in [6.07, 6.45) is 5.30. The molecule has 0 spiro atoms. The third-order valence-corrected chi connectivity index (χ3v) is 6.53. The molecule has 2 aliphatic heterocycles. The number of non-ortho nitro benzene ring substituents is 1. The van der Waals surface area contributed by atoms with Gasteiger partial charge >= 0.3 is 0 Å². The number of nitrogens with zero attached hydrogens (tertiary/aromatic N) is 5. The molecule has 0 bridgehead atoms. The summed E-state index contributed by atoms with van der Waals surface area (Å²) in [4.78, 5) is 37.1. The summed E-state index contributed by atoms with van der Waals surface area (Å²) in [5.74, 6) is -0.320. The number of aromatic nitrogens is 2. The largest absolute Gasteiger partial charge is 0.364 e. The van der Waals surface area contributed by atoms with E-state index in [0.717, 1.165) is 17.1 Å². The van der Waals surface area contributed by atoms with E-state index in [-0.39, 0.29) is 30.0 Å². The number of amides is 1. The Morgan fingerprint density at radius 2 is 2.06 bits per heavy atom. The van der Waals surface area contributed by atoms with Crippen LogP contribution >= 0.6 is 0 Å². The molecule has 3 aromatic rings. The summed E-state index contributed by atoms with van der Waals surface area (Å²) in [6.45, 7) is 1.93. The van der Waals surface area contributed by atoms with Crippen LogP contribution in [-0.4, -0.2) is 46.5 Å². The van der Waals surface area contributed by atoms with Crippen LogP contribution in [0.3, 0.4) is 0 Å². The van der Waals surface area contributed by atoms with Gasteiger partial charge in [-0.1, -0.05) is 18.2 Å². The molecule has 34 heavy (non-hydrogen) atoms. The summed E-state index contributed by atoms with van der Waals surface area (Å²) < 4.78 is 14.1. The van der Waals surface area contributed by atoms with Crippen molar-refractivity contribution in [3.05, 3.63) is 88.1 Å². The van der Waals surface area contributed by atoms with Gasteiger partial charge in [0.1, 0.15) is 11.6 Å². The Kier molecular flexibility index (Phi) is 5.79. The van der Waals surface area contributed by atoms with Crippen LogP contribution in [0.2, 0.25) is 0 Å². The zero-order valence-electron chi connectivity index (χ0n) is 18.3. The zero-order valence-corrected chi connectivity index (χ0v) is 18.3. The predicted octanol–water partition coefficient (Wildman–Crippen LogP) is 2.71. The van der Waals surface area contributed by atoms with Crippen LogP contribution in [0, 0.1) is 21.8 Å². The highest BCUT2D eigenvalue weighted by Gasteiger charge is 2.42. The van der Waals surface area contributed by atoms with Crippen molar-refractivity contribution < 1.29 is 14.1 Å². The van der Waals surface area contributed by atoms with Crippen molar-refractivity contribution in [1.82, 2.24) is 15.3 Å². The number of hydrogen-bond donors (Lipinski definition) is 1. The Bertz CT molecular complexity index is 1220. The van der Waals surface area contributed by atoms with Crippen molar-refractivity contribution in [2.45, 2.75) is 19.0 Å². The van der Waals surface area contributed by atoms with Gasteiger partial charge in [0.2, 0.25) is 5.91 Å². The van der Waals surface area contributed by atoms with E-state index in [0.29, 0.717) is 31.6 Å². The molecular formula is C24H23FN6O3. The molecule has 1 fully saturated rings. The fourth-order valence-electron chi connectivity index (χ4n) is 4.84. The number of nitro benzene ring substituents is 1. The van der Waals surface area contributed by atoms with E-state index >= 15 is 0 Å². The molecule has 0 unspecified atom stereocenters. The van der Waals surface area contributed by atoms with E-state index in [1.165, 1.54) is 12.1 Å². The SMILES string of the molecule is O=C(NCc1ccccc1F)[C@@H]1Cc2cc([N+](=O)[O-])ccc2N2CCN(c3cnccn3)C[C@@H]12. The van der Waals surface area contributed by atoms with Crippen molar-refractivity contribution in [2.75, 3.05) is 29.4 Å². The van der Waals surface area contributed by atoms with Crippen molar-refractivity contribution in [3.8, 4) is 0 Å². The van der Waals surface area contributed by atoms with Crippen LogP contribution in [0.25, 0.3) is 0 Å². The molecule has 1 amide bonds. The first-order chi connectivity index (χ1) is 16.5. The topological polar surface area (TPSA) is 104 Å². The maximum atomic E-state index is 14.1. The number of halogens is 1. The minimum absolute atomic E-state index is 0.000843. The molecular weight excluding hydrogens is 439 g/mol. The second kappa shape index (κ2) is 9.05. The Morgan fingerprint density at radius 3 is 2.82 bits per heavy atom. The number of carbonyl (C=O) groups excluding carboxylic acids is 1. The van der Waals surface area contributed by atoms with Crippen molar-refractivity contribution in [2.24, 2.45) is 5.92 Å². The third-order valence-electron chi connectivity index (χ3n) is 6.53. The third kappa shape index (κ3) is 4.14. The average molecular weight is 462 g/mol. The molecule has 1 N–H and O–H groups in total. The second-order valence-corrected chi connectivity index (χ2v) is 8.46. The highest BCUT2D eigenvalue weighted by atomic mass is 19.1. The van der Waals surface area contributed by atoms with Crippen LogP contribution in [0.4, 0.5) is 21.6 Å². The lowest BCUT2D eigenvalue weighted by atomic mass is 9.83. The standard InChI is InChI=1S/C24H23FN6O3/c25-20-4-2-1-3-16(20)13-28-24(32)19-12-17-11-18(31(33)34)5-6-21(17)30-10-9-29(15-22(19)30)23-14-26-7-8-27-23/h1-8,11,14,19,22H,9-10,12-13,15H2,(H,28,32)/t19-,22+/m1/s1. The minimum atomic E-state index is -0.472. The first kappa shape index (κ1) is 21.7. The van der Waals surface area contributed by atoms with Gasteiger partial charge in [-0.05, 0) is 24.1 Å². The average Bonchev–Trinajstić information content (AvgIpc) is 2.87. The maximum Gasteiger partial charge on any atom is 0.269 e. The molecule has 174 valence electrons. The number of fused-ring (bicyclic) bond motifs is 3. The quantitative estimate of drug-likeness (QED) is 0.459. The molecule has 3 heterocycles. The van der Waals surface area contributed by atoms with E-state index in [2.05, 4.69) is 25.1 Å². The molecule has 1 aromatic heterocycles. The van der Waals surface area contributed by atoms with Gasteiger partial charge in [-0.3, -0.25) is 19.9 Å². The van der Waals surface area contributed by atoms with E-state index in [1.807, 2.05) is 0 Å². The number of rotatable bonds is 5. The number of piperazine rings is 1. The van der Waals surface area contributed by atoms with Crippen molar-refractivity contribution >= 4 is 23.1 Å². The smallest absolute Gasteiger partial charge is 0.269 e. The zero-order chi connectivity index (χ0) is 23.7. The maximum absolute atomic E-state index is 14.1. The normalized spacial score (nSPS) is 19.2. The molecule has 0 saturated carbocycles. The molecule has 2 aliphatic rings. The Balaban J connectivity index is 1.44. The molecule has 0 aliphatic carbocycles. The van der Waals surface area contributed by atoms with Gasteiger partial charge in [0.25, 0.3) is 5.69 Å². The van der Waals surface area contributed by atoms with Crippen LogP contribution in [0.5, 0.6) is 0 Å². The minimum Gasteiger partial charge on any atom is -0.364 e. The van der Waals surface area contributed by atoms with Crippen LogP contribution in [-0.2, 0) is 17.8 Å². The summed E-state index contributed by atoms with van der Waals surface area (Å²) in [7, 11) is 0.